The lowest BCUT2D eigenvalue weighted by atomic mass is 9.77. The van der Waals surface area contributed by atoms with Crippen molar-refractivity contribution in [1.82, 2.24) is 15.5 Å². The van der Waals surface area contributed by atoms with Crippen LogP contribution >= 0.6 is 0 Å². The SMILES string of the molecule is CCCC(C(=O)NC=O)N1Cc2cc(C(=O)N3CC4(CNC4)c4ccc(F)cc43)ccc2C1=O. The number of hydrogen-bond acceptors (Lipinski definition) is 5. The summed E-state index contributed by atoms with van der Waals surface area (Å²) in [6, 6.07) is 8.71. The number of imide groups is 1. The van der Waals surface area contributed by atoms with Gasteiger partial charge in [0.2, 0.25) is 12.3 Å². The van der Waals surface area contributed by atoms with E-state index in [1.165, 1.54) is 17.0 Å². The van der Waals surface area contributed by atoms with Gasteiger partial charge in [-0.25, -0.2) is 4.39 Å². The summed E-state index contributed by atoms with van der Waals surface area (Å²) >= 11 is 0. The molecule has 0 saturated carbocycles. The Morgan fingerprint density at radius 3 is 2.71 bits per heavy atom. The number of amides is 4. The molecule has 2 N–H and O–H groups in total. The van der Waals surface area contributed by atoms with Crippen molar-refractivity contribution in [2.24, 2.45) is 0 Å². The predicted octanol–water partition coefficient (Wildman–Crippen LogP) is 1.72. The van der Waals surface area contributed by atoms with Gasteiger partial charge in [0.25, 0.3) is 11.8 Å². The summed E-state index contributed by atoms with van der Waals surface area (Å²) in [6.45, 7) is 3.98. The highest BCUT2D eigenvalue weighted by molar-refractivity contribution is 6.09. The molecule has 9 heteroatoms. The summed E-state index contributed by atoms with van der Waals surface area (Å²) in [6.07, 6.45) is 1.39. The van der Waals surface area contributed by atoms with Crippen LogP contribution in [0.5, 0.6) is 0 Å². The van der Waals surface area contributed by atoms with E-state index in [-0.39, 0.29) is 23.8 Å². The zero-order valence-electron chi connectivity index (χ0n) is 18.8. The molecular formula is C25H25FN4O4. The number of hydrogen-bond donors (Lipinski definition) is 2. The molecule has 0 radical (unpaired) electrons. The van der Waals surface area contributed by atoms with Gasteiger partial charge < -0.3 is 15.1 Å². The van der Waals surface area contributed by atoms with Gasteiger partial charge in [0.05, 0.1) is 5.69 Å². The molecule has 4 amide bonds. The molecule has 1 unspecified atom stereocenters. The van der Waals surface area contributed by atoms with Crippen LogP contribution in [0.2, 0.25) is 0 Å². The van der Waals surface area contributed by atoms with Crippen molar-refractivity contribution in [3.63, 3.8) is 0 Å². The third-order valence-corrected chi connectivity index (χ3v) is 7.08. The van der Waals surface area contributed by atoms with Crippen LogP contribution in [0, 0.1) is 5.82 Å². The molecule has 3 aliphatic rings. The second-order valence-corrected chi connectivity index (χ2v) is 9.17. The molecular weight excluding hydrogens is 439 g/mol. The van der Waals surface area contributed by atoms with Crippen molar-refractivity contribution in [1.29, 1.82) is 0 Å². The lowest BCUT2D eigenvalue weighted by molar-refractivity contribution is -0.129. The van der Waals surface area contributed by atoms with E-state index in [2.05, 4.69) is 10.6 Å². The first-order valence-electron chi connectivity index (χ1n) is 11.4. The van der Waals surface area contributed by atoms with E-state index in [1.54, 1.807) is 29.2 Å². The van der Waals surface area contributed by atoms with Crippen LogP contribution in [0.15, 0.2) is 36.4 Å². The smallest absolute Gasteiger partial charge is 0.258 e. The van der Waals surface area contributed by atoms with Gasteiger partial charge in [-0.3, -0.25) is 24.5 Å². The van der Waals surface area contributed by atoms with Crippen LogP contribution in [0.1, 0.15) is 51.6 Å². The number of nitrogens with one attached hydrogen (secondary N) is 2. The van der Waals surface area contributed by atoms with Crippen LogP contribution in [0.25, 0.3) is 0 Å². The Hall–Kier alpha value is -3.59. The number of fused-ring (bicyclic) bond motifs is 3. The first kappa shape index (κ1) is 22.2. The van der Waals surface area contributed by atoms with Crippen molar-refractivity contribution >= 4 is 29.8 Å². The maximum Gasteiger partial charge on any atom is 0.258 e. The zero-order valence-corrected chi connectivity index (χ0v) is 18.8. The van der Waals surface area contributed by atoms with Gasteiger partial charge in [-0.1, -0.05) is 19.4 Å². The summed E-state index contributed by atoms with van der Waals surface area (Å²) < 4.78 is 14.0. The van der Waals surface area contributed by atoms with E-state index < -0.39 is 17.8 Å². The molecule has 0 aromatic heterocycles. The van der Waals surface area contributed by atoms with Gasteiger partial charge in [-0.2, -0.15) is 0 Å². The second kappa shape index (κ2) is 8.32. The van der Waals surface area contributed by atoms with Crippen molar-refractivity contribution in [2.75, 3.05) is 24.5 Å². The van der Waals surface area contributed by atoms with Crippen molar-refractivity contribution < 1.29 is 23.6 Å². The minimum atomic E-state index is -0.770. The maximum atomic E-state index is 14.0. The molecule has 1 fully saturated rings. The largest absolute Gasteiger partial charge is 0.322 e. The van der Waals surface area contributed by atoms with Crippen molar-refractivity contribution in [2.45, 2.75) is 37.8 Å². The van der Waals surface area contributed by atoms with Crippen molar-refractivity contribution in [3.8, 4) is 0 Å². The van der Waals surface area contributed by atoms with Gasteiger partial charge in [-0.05, 0) is 47.9 Å². The Morgan fingerprint density at radius 1 is 1.24 bits per heavy atom. The van der Waals surface area contributed by atoms with E-state index in [0.29, 0.717) is 48.2 Å². The van der Waals surface area contributed by atoms with Gasteiger partial charge in [-0.15, -0.1) is 0 Å². The summed E-state index contributed by atoms with van der Waals surface area (Å²) in [5.74, 6) is -1.48. The molecule has 3 heterocycles. The quantitative estimate of drug-likeness (QED) is 0.635. The number of halogens is 1. The lowest BCUT2D eigenvalue weighted by Crippen LogP contribution is -2.59. The molecule has 176 valence electrons. The fourth-order valence-corrected chi connectivity index (χ4v) is 5.30. The van der Waals surface area contributed by atoms with Gasteiger partial charge in [0, 0.05) is 42.7 Å². The van der Waals surface area contributed by atoms with Gasteiger partial charge in [0.15, 0.2) is 0 Å². The third-order valence-electron chi connectivity index (χ3n) is 7.08. The van der Waals surface area contributed by atoms with Crippen LogP contribution in [-0.4, -0.2) is 54.7 Å². The number of carbonyl (C=O) groups is 4. The molecule has 8 nitrogen and oxygen atoms in total. The molecule has 5 rings (SSSR count). The highest BCUT2D eigenvalue weighted by Crippen LogP contribution is 2.44. The Kier molecular flexibility index (Phi) is 5.44. The summed E-state index contributed by atoms with van der Waals surface area (Å²) in [5.41, 5.74) is 2.82. The van der Waals surface area contributed by atoms with Crippen LogP contribution in [0.4, 0.5) is 10.1 Å². The minimum Gasteiger partial charge on any atom is -0.322 e. The fraction of sp³-hybridized carbons (Fsp3) is 0.360. The monoisotopic (exact) mass is 464 g/mol. The maximum absolute atomic E-state index is 14.0. The molecule has 2 aromatic carbocycles. The zero-order chi connectivity index (χ0) is 24.0. The van der Waals surface area contributed by atoms with E-state index in [1.807, 2.05) is 6.92 Å². The highest BCUT2D eigenvalue weighted by atomic mass is 19.1. The predicted molar refractivity (Wildman–Crippen MR) is 122 cm³/mol. The van der Waals surface area contributed by atoms with Crippen LogP contribution in [-0.2, 0) is 21.5 Å². The molecule has 0 bridgehead atoms. The Labute approximate surface area is 196 Å². The summed E-state index contributed by atoms with van der Waals surface area (Å²) in [7, 11) is 0. The topological polar surface area (TPSA) is 98.8 Å². The summed E-state index contributed by atoms with van der Waals surface area (Å²) in [4.78, 5) is 52.7. The number of carbonyl (C=O) groups excluding carboxylic acids is 4. The van der Waals surface area contributed by atoms with Gasteiger partial charge >= 0.3 is 0 Å². The molecule has 1 spiro atoms. The Bertz CT molecular complexity index is 1210. The average molecular weight is 464 g/mol. The van der Waals surface area contributed by atoms with E-state index >= 15 is 0 Å². The molecule has 1 saturated heterocycles. The summed E-state index contributed by atoms with van der Waals surface area (Å²) in [5, 5.41) is 5.40. The Morgan fingerprint density at radius 2 is 2.03 bits per heavy atom. The number of benzene rings is 2. The lowest BCUT2D eigenvalue weighted by Gasteiger charge is -2.39. The number of nitrogens with zero attached hydrogens (tertiary/aromatic N) is 2. The van der Waals surface area contributed by atoms with E-state index in [4.69, 9.17) is 0 Å². The van der Waals surface area contributed by atoms with Crippen LogP contribution < -0.4 is 15.5 Å². The van der Waals surface area contributed by atoms with Gasteiger partial charge in [0.1, 0.15) is 11.9 Å². The molecule has 0 aliphatic carbocycles. The van der Waals surface area contributed by atoms with Crippen LogP contribution in [0.3, 0.4) is 0 Å². The Balaban J connectivity index is 1.43. The highest BCUT2D eigenvalue weighted by Gasteiger charge is 2.49. The van der Waals surface area contributed by atoms with Crippen molar-refractivity contribution in [3.05, 3.63) is 64.5 Å². The van der Waals surface area contributed by atoms with E-state index in [0.717, 1.165) is 18.7 Å². The normalized spacial score (nSPS) is 18.4. The average Bonchev–Trinajstić information content (AvgIpc) is 3.31. The fourth-order valence-electron chi connectivity index (χ4n) is 5.30. The first-order chi connectivity index (χ1) is 16.4. The minimum absolute atomic E-state index is 0.172. The molecule has 3 aliphatic heterocycles. The first-order valence-corrected chi connectivity index (χ1v) is 11.4. The standard InChI is InChI=1S/C25H25FN4O4/c1-2-3-20(22(32)28-14-31)29-10-16-8-15(4-6-18(16)24(29)34)23(33)30-13-25(11-27-12-25)19-7-5-17(26)9-21(19)30/h4-9,14,20,27H,2-3,10-13H2,1H3,(H,28,31,32). The van der Waals surface area contributed by atoms with E-state index in [9.17, 15) is 23.6 Å². The third kappa shape index (κ3) is 3.38. The molecule has 34 heavy (non-hydrogen) atoms. The second-order valence-electron chi connectivity index (χ2n) is 9.17. The number of rotatable bonds is 6. The molecule has 1 atom stereocenters. The number of anilines is 1. The molecule has 2 aromatic rings.